The van der Waals surface area contributed by atoms with Crippen LogP contribution in [0.1, 0.15) is 5.69 Å². The minimum absolute atomic E-state index is 0.214. The topological polar surface area (TPSA) is 81.3 Å². The second-order valence-corrected chi connectivity index (χ2v) is 2.11. The Hall–Kier alpha value is -1.80. The van der Waals surface area contributed by atoms with Crippen molar-refractivity contribution in [1.82, 2.24) is 9.97 Å². The number of methoxy groups -OCH3 is 1. The molecule has 68 valence electrons. The maximum absolute atomic E-state index is 8.43. The Bertz CT molecular complexity index is 354. The summed E-state index contributed by atoms with van der Waals surface area (Å²) in [6.07, 6.45) is 1.42. The van der Waals surface area contributed by atoms with E-state index in [-0.39, 0.29) is 18.3 Å². The Morgan fingerprint density at radius 1 is 1.69 bits per heavy atom. The predicted molar refractivity (Wildman–Crippen MR) is 47.0 cm³/mol. The van der Waals surface area contributed by atoms with Crippen molar-refractivity contribution < 1.29 is 9.84 Å². The Labute approximate surface area is 75.6 Å². The highest BCUT2D eigenvalue weighted by molar-refractivity contribution is 5.42. The van der Waals surface area contributed by atoms with Gasteiger partial charge in [0, 0.05) is 0 Å². The summed E-state index contributed by atoms with van der Waals surface area (Å²) in [5.41, 5.74) is 5.85. The van der Waals surface area contributed by atoms with Gasteiger partial charge >= 0.3 is 0 Å². The van der Waals surface area contributed by atoms with Gasteiger partial charge in [-0.05, 0) is 5.92 Å². The van der Waals surface area contributed by atoms with E-state index in [9.17, 15) is 0 Å². The van der Waals surface area contributed by atoms with Gasteiger partial charge in [0.25, 0.3) is 5.88 Å². The summed E-state index contributed by atoms with van der Waals surface area (Å²) in [5.74, 6) is 5.49. The molecule has 0 fully saturated rings. The molecule has 1 aromatic rings. The molecule has 0 aliphatic rings. The van der Waals surface area contributed by atoms with Crippen molar-refractivity contribution in [3.8, 4) is 17.7 Å². The first-order valence-electron chi connectivity index (χ1n) is 3.54. The molecule has 5 heteroatoms. The normalized spacial score (nSPS) is 8.77. The Balaban J connectivity index is 2.99. The minimum atomic E-state index is -0.214. The number of aliphatic hydroxyl groups is 1. The van der Waals surface area contributed by atoms with E-state index in [0.29, 0.717) is 5.69 Å². The summed E-state index contributed by atoms with van der Waals surface area (Å²) < 4.78 is 4.84. The lowest BCUT2D eigenvalue weighted by molar-refractivity contribution is 0.350. The van der Waals surface area contributed by atoms with E-state index in [0.717, 1.165) is 0 Å². The lowest BCUT2D eigenvalue weighted by atomic mass is 10.4. The summed E-state index contributed by atoms with van der Waals surface area (Å²) >= 11 is 0. The highest BCUT2D eigenvalue weighted by Gasteiger charge is 2.01. The molecule has 0 unspecified atom stereocenters. The number of nitrogens with zero attached hydrogens (tertiary/aromatic N) is 2. The van der Waals surface area contributed by atoms with Gasteiger partial charge in [0.15, 0.2) is 5.82 Å². The van der Waals surface area contributed by atoms with Gasteiger partial charge in [0.1, 0.15) is 12.3 Å². The summed E-state index contributed by atoms with van der Waals surface area (Å²) in [6.45, 7) is -0.214. The van der Waals surface area contributed by atoms with E-state index in [1.807, 2.05) is 0 Å². The molecule has 0 saturated heterocycles. The zero-order valence-corrected chi connectivity index (χ0v) is 7.11. The number of hydrogen-bond acceptors (Lipinski definition) is 5. The maximum atomic E-state index is 8.43. The average molecular weight is 179 g/mol. The van der Waals surface area contributed by atoms with Crippen LogP contribution in [0, 0.1) is 11.8 Å². The molecule has 0 amide bonds. The van der Waals surface area contributed by atoms with Crippen LogP contribution in [0.3, 0.4) is 0 Å². The highest BCUT2D eigenvalue weighted by atomic mass is 16.5. The van der Waals surface area contributed by atoms with Crippen molar-refractivity contribution >= 4 is 5.82 Å². The minimum Gasteiger partial charge on any atom is -0.478 e. The molecule has 5 nitrogen and oxygen atoms in total. The van der Waals surface area contributed by atoms with Gasteiger partial charge in [-0.1, -0.05) is 5.92 Å². The predicted octanol–water partition coefficient (Wildman–Crippen LogP) is -0.589. The SMILES string of the molecule is COc1nc(C#CCO)cnc1N. The molecular weight excluding hydrogens is 170 g/mol. The number of nitrogens with two attached hydrogens (primary N) is 1. The fourth-order valence-corrected chi connectivity index (χ4v) is 0.722. The number of aliphatic hydroxyl groups excluding tert-OH is 1. The zero-order chi connectivity index (χ0) is 9.68. The Morgan fingerprint density at radius 3 is 3.08 bits per heavy atom. The van der Waals surface area contributed by atoms with Gasteiger partial charge in [0.2, 0.25) is 0 Å². The van der Waals surface area contributed by atoms with Crippen LogP contribution in [0.25, 0.3) is 0 Å². The molecular formula is C8H9N3O2. The quantitative estimate of drug-likeness (QED) is 0.563. The second-order valence-electron chi connectivity index (χ2n) is 2.11. The van der Waals surface area contributed by atoms with Gasteiger partial charge in [-0.15, -0.1) is 0 Å². The van der Waals surface area contributed by atoms with Crippen LogP contribution in [-0.4, -0.2) is 28.8 Å². The van der Waals surface area contributed by atoms with Crippen molar-refractivity contribution in [3.63, 3.8) is 0 Å². The molecule has 0 aromatic carbocycles. The fourth-order valence-electron chi connectivity index (χ4n) is 0.722. The van der Waals surface area contributed by atoms with Crippen molar-refractivity contribution in [2.45, 2.75) is 0 Å². The van der Waals surface area contributed by atoms with Crippen LogP contribution in [0.15, 0.2) is 6.20 Å². The van der Waals surface area contributed by atoms with Crippen LogP contribution in [-0.2, 0) is 0 Å². The second kappa shape index (κ2) is 4.28. The third-order valence-corrected chi connectivity index (χ3v) is 1.26. The molecule has 0 aliphatic heterocycles. The van der Waals surface area contributed by atoms with Crippen molar-refractivity contribution in [3.05, 3.63) is 11.9 Å². The molecule has 0 radical (unpaired) electrons. The van der Waals surface area contributed by atoms with E-state index < -0.39 is 0 Å². The monoisotopic (exact) mass is 179 g/mol. The molecule has 0 atom stereocenters. The first-order chi connectivity index (χ1) is 6.27. The number of ether oxygens (including phenoxy) is 1. The third kappa shape index (κ3) is 2.32. The molecule has 1 aromatic heterocycles. The lowest BCUT2D eigenvalue weighted by Gasteiger charge is -2.00. The van der Waals surface area contributed by atoms with Crippen LogP contribution >= 0.6 is 0 Å². The number of aromatic nitrogens is 2. The van der Waals surface area contributed by atoms with E-state index >= 15 is 0 Å². The molecule has 0 saturated carbocycles. The van der Waals surface area contributed by atoms with Crippen LogP contribution in [0.2, 0.25) is 0 Å². The third-order valence-electron chi connectivity index (χ3n) is 1.26. The summed E-state index contributed by atoms with van der Waals surface area (Å²) in [5, 5.41) is 8.43. The van der Waals surface area contributed by atoms with Gasteiger partial charge in [-0.2, -0.15) is 4.98 Å². The average Bonchev–Trinajstić information content (AvgIpc) is 2.16. The number of rotatable bonds is 1. The van der Waals surface area contributed by atoms with Gasteiger partial charge < -0.3 is 15.6 Å². The Morgan fingerprint density at radius 2 is 2.46 bits per heavy atom. The summed E-state index contributed by atoms with van der Waals surface area (Å²) in [6, 6.07) is 0. The van der Waals surface area contributed by atoms with Crippen LogP contribution in [0.5, 0.6) is 5.88 Å². The van der Waals surface area contributed by atoms with Crippen molar-refractivity contribution in [2.75, 3.05) is 19.5 Å². The molecule has 0 spiro atoms. The van der Waals surface area contributed by atoms with Crippen LogP contribution < -0.4 is 10.5 Å². The van der Waals surface area contributed by atoms with E-state index in [1.165, 1.54) is 13.3 Å². The zero-order valence-electron chi connectivity index (χ0n) is 7.11. The van der Waals surface area contributed by atoms with E-state index in [4.69, 9.17) is 15.6 Å². The lowest BCUT2D eigenvalue weighted by Crippen LogP contribution is -1.99. The first-order valence-corrected chi connectivity index (χ1v) is 3.54. The van der Waals surface area contributed by atoms with Crippen molar-refractivity contribution in [2.24, 2.45) is 0 Å². The maximum Gasteiger partial charge on any atom is 0.258 e. The van der Waals surface area contributed by atoms with E-state index in [1.54, 1.807) is 0 Å². The standard InChI is InChI=1S/C8H9N3O2/c1-13-8-7(9)10-5-6(11-8)3-2-4-12/h5,12H,4H2,1H3,(H2,9,10). The van der Waals surface area contributed by atoms with Gasteiger partial charge in [-0.3, -0.25) is 0 Å². The number of anilines is 1. The Kier molecular flexibility index (Phi) is 3.06. The summed E-state index contributed by atoms with van der Waals surface area (Å²) in [4.78, 5) is 7.74. The van der Waals surface area contributed by atoms with E-state index in [2.05, 4.69) is 21.8 Å². The molecule has 3 N–H and O–H groups in total. The fraction of sp³-hybridized carbons (Fsp3) is 0.250. The summed E-state index contributed by atoms with van der Waals surface area (Å²) in [7, 11) is 1.45. The molecule has 1 rings (SSSR count). The largest absolute Gasteiger partial charge is 0.478 e. The highest BCUT2D eigenvalue weighted by Crippen LogP contribution is 2.13. The van der Waals surface area contributed by atoms with Crippen LogP contribution in [0.4, 0.5) is 5.82 Å². The van der Waals surface area contributed by atoms with Gasteiger partial charge in [-0.25, -0.2) is 4.98 Å². The smallest absolute Gasteiger partial charge is 0.258 e. The van der Waals surface area contributed by atoms with Crippen molar-refractivity contribution in [1.29, 1.82) is 0 Å². The van der Waals surface area contributed by atoms with Gasteiger partial charge in [0.05, 0.1) is 13.3 Å². The first kappa shape index (κ1) is 9.29. The number of hydrogen-bond donors (Lipinski definition) is 2. The number of nitrogen functional groups attached to an aromatic ring is 1. The molecule has 0 aliphatic carbocycles. The molecule has 1 heterocycles. The molecule has 13 heavy (non-hydrogen) atoms. The molecule has 0 bridgehead atoms.